The highest BCUT2D eigenvalue weighted by molar-refractivity contribution is 6.31. The zero-order chi connectivity index (χ0) is 13.7. The molecule has 3 heteroatoms. The third kappa shape index (κ3) is 3.79. The van der Waals surface area contributed by atoms with Crippen LogP contribution >= 0.6 is 11.6 Å². The molecule has 2 aromatic rings. The molecule has 0 heterocycles. The Labute approximate surface area is 117 Å². The van der Waals surface area contributed by atoms with Crippen LogP contribution in [0.25, 0.3) is 0 Å². The Morgan fingerprint density at radius 3 is 2.16 bits per heavy atom. The Morgan fingerprint density at radius 2 is 1.53 bits per heavy atom. The molecule has 0 bridgehead atoms. The van der Waals surface area contributed by atoms with E-state index in [2.05, 4.69) is 0 Å². The quantitative estimate of drug-likeness (QED) is 0.880. The smallest absolute Gasteiger partial charge is 0.126 e. The van der Waals surface area contributed by atoms with Gasteiger partial charge in [0.05, 0.1) is 0 Å². The van der Waals surface area contributed by atoms with Crippen LogP contribution in [-0.2, 0) is 12.8 Å². The first-order valence-corrected chi connectivity index (χ1v) is 6.66. The Kier molecular flexibility index (Phi) is 4.94. The summed E-state index contributed by atoms with van der Waals surface area (Å²) in [4.78, 5) is 0. The topological polar surface area (TPSA) is 20.2 Å². The maximum Gasteiger partial charge on any atom is 0.126 e. The summed E-state index contributed by atoms with van der Waals surface area (Å²) < 4.78 is 13.6. The van der Waals surface area contributed by atoms with E-state index in [9.17, 15) is 9.50 Å². The second kappa shape index (κ2) is 6.69. The van der Waals surface area contributed by atoms with E-state index in [1.165, 1.54) is 6.07 Å². The minimum atomic E-state index is -0.222. The third-order valence-corrected chi connectivity index (χ3v) is 3.56. The summed E-state index contributed by atoms with van der Waals surface area (Å²) >= 11 is 6.10. The molecule has 1 nitrogen and oxygen atoms in total. The molecule has 0 saturated carbocycles. The van der Waals surface area contributed by atoms with Gasteiger partial charge in [-0.1, -0.05) is 48.0 Å². The van der Waals surface area contributed by atoms with E-state index >= 15 is 0 Å². The van der Waals surface area contributed by atoms with Crippen molar-refractivity contribution < 1.29 is 9.50 Å². The monoisotopic (exact) mass is 278 g/mol. The van der Waals surface area contributed by atoms with Gasteiger partial charge in [-0.15, -0.1) is 0 Å². The minimum absolute atomic E-state index is 0.0134. The summed E-state index contributed by atoms with van der Waals surface area (Å²) in [6.45, 7) is 0.0134. The van der Waals surface area contributed by atoms with Crippen molar-refractivity contribution in [2.45, 2.75) is 12.8 Å². The van der Waals surface area contributed by atoms with Crippen molar-refractivity contribution in [1.29, 1.82) is 0 Å². The van der Waals surface area contributed by atoms with Gasteiger partial charge >= 0.3 is 0 Å². The van der Waals surface area contributed by atoms with Crippen LogP contribution in [0.4, 0.5) is 4.39 Å². The Hall–Kier alpha value is -1.38. The Bertz CT molecular complexity index is 494. The molecule has 0 amide bonds. The van der Waals surface area contributed by atoms with Crippen LogP contribution in [0.2, 0.25) is 5.02 Å². The lowest BCUT2D eigenvalue weighted by Gasteiger charge is -2.15. The van der Waals surface area contributed by atoms with Crippen molar-refractivity contribution in [3.8, 4) is 0 Å². The number of halogens is 2. The van der Waals surface area contributed by atoms with Gasteiger partial charge in [0.15, 0.2) is 0 Å². The highest BCUT2D eigenvalue weighted by atomic mass is 35.5. The van der Waals surface area contributed by atoms with E-state index in [1.807, 2.05) is 30.3 Å². The van der Waals surface area contributed by atoms with Crippen LogP contribution in [0.15, 0.2) is 48.5 Å². The van der Waals surface area contributed by atoms with Gasteiger partial charge in [0.2, 0.25) is 0 Å². The highest BCUT2D eigenvalue weighted by Crippen LogP contribution is 2.21. The molecule has 19 heavy (non-hydrogen) atoms. The summed E-state index contributed by atoms with van der Waals surface area (Å²) in [5.41, 5.74) is 1.62. The largest absolute Gasteiger partial charge is 0.396 e. The van der Waals surface area contributed by atoms with Gasteiger partial charge < -0.3 is 5.11 Å². The Morgan fingerprint density at radius 1 is 0.947 bits per heavy atom. The first-order chi connectivity index (χ1) is 9.20. The van der Waals surface area contributed by atoms with Crippen molar-refractivity contribution in [1.82, 2.24) is 0 Å². The lowest BCUT2D eigenvalue weighted by Crippen LogP contribution is -2.14. The fourth-order valence-electron chi connectivity index (χ4n) is 2.15. The minimum Gasteiger partial charge on any atom is -0.396 e. The normalized spacial score (nSPS) is 12.4. The van der Waals surface area contributed by atoms with Crippen molar-refractivity contribution in [3.05, 3.63) is 70.5 Å². The van der Waals surface area contributed by atoms with Crippen molar-refractivity contribution in [3.63, 3.8) is 0 Å². The molecule has 0 fully saturated rings. The van der Waals surface area contributed by atoms with Gasteiger partial charge in [-0.25, -0.2) is 4.39 Å². The van der Waals surface area contributed by atoms with Gasteiger partial charge in [0.25, 0.3) is 0 Å². The molecule has 0 aliphatic heterocycles. The third-order valence-electron chi connectivity index (χ3n) is 3.19. The van der Waals surface area contributed by atoms with Crippen LogP contribution in [0.5, 0.6) is 0 Å². The lowest BCUT2D eigenvalue weighted by molar-refractivity contribution is 0.224. The molecule has 1 unspecified atom stereocenters. The standard InChI is InChI=1S/C16H16ClFO/c17-15-7-3-1-5-13(15)9-12(11-19)10-14-6-2-4-8-16(14)18/h1-8,12,19H,9-11H2. The van der Waals surface area contributed by atoms with Gasteiger partial charge in [-0.2, -0.15) is 0 Å². The molecule has 0 aliphatic carbocycles. The molecule has 0 aliphatic rings. The van der Waals surface area contributed by atoms with Gasteiger partial charge in [-0.05, 0) is 42.0 Å². The summed E-state index contributed by atoms with van der Waals surface area (Å²) in [5, 5.41) is 10.2. The SMILES string of the molecule is OCC(Cc1ccccc1F)Cc1ccccc1Cl. The zero-order valence-corrected chi connectivity index (χ0v) is 11.3. The molecule has 0 radical (unpaired) electrons. The highest BCUT2D eigenvalue weighted by Gasteiger charge is 2.13. The van der Waals surface area contributed by atoms with Crippen LogP contribution in [0.1, 0.15) is 11.1 Å². The molecule has 2 rings (SSSR count). The van der Waals surface area contributed by atoms with Gasteiger partial charge in [0.1, 0.15) is 5.82 Å². The fraction of sp³-hybridized carbons (Fsp3) is 0.250. The predicted octanol–water partition coefficient (Wildman–Crippen LogP) is 3.87. The summed E-state index contributed by atoms with van der Waals surface area (Å²) in [7, 11) is 0. The number of aliphatic hydroxyl groups excluding tert-OH is 1. The van der Waals surface area contributed by atoms with Crippen molar-refractivity contribution >= 4 is 11.6 Å². The molecule has 0 saturated heterocycles. The maximum atomic E-state index is 13.6. The lowest BCUT2D eigenvalue weighted by atomic mass is 9.93. The van der Waals surface area contributed by atoms with Crippen molar-refractivity contribution in [2.75, 3.05) is 6.61 Å². The number of hydrogen-bond acceptors (Lipinski definition) is 1. The Balaban J connectivity index is 2.09. The van der Waals surface area contributed by atoms with Crippen LogP contribution in [0, 0.1) is 11.7 Å². The van der Waals surface area contributed by atoms with Crippen LogP contribution < -0.4 is 0 Å². The van der Waals surface area contributed by atoms with Crippen LogP contribution in [-0.4, -0.2) is 11.7 Å². The first-order valence-electron chi connectivity index (χ1n) is 6.28. The van der Waals surface area contributed by atoms with Crippen molar-refractivity contribution in [2.24, 2.45) is 5.92 Å². The zero-order valence-electron chi connectivity index (χ0n) is 10.5. The maximum absolute atomic E-state index is 13.6. The number of aliphatic hydroxyl groups is 1. The van der Waals surface area contributed by atoms with E-state index in [0.29, 0.717) is 23.4 Å². The summed E-state index contributed by atoms with van der Waals surface area (Å²) in [6, 6.07) is 14.2. The molecular formula is C16H16ClFO. The second-order valence-electron chi connectivity index (χ2n) is 4.64. The predicted molar refractivity (Wildman–Crippen MR) is 75.8 cm³/mol. The molecule has 100 valence electrons. The van der Waals surface area contributed by atoms with Gasteiger partial charge in [0, 0.05) is 11.6 Å². The second-order valence-corrected chi connectivity index (χ2v) is 5.05. The fourth-order valence-corrected chi connectivity index (χ4v) is 2.36. The van der Waals surface area contributed by atoms with E-state index in [4.69, 9.17) is 11.6 Å². The van der Waals surface area contributed by atoms with E-state index in [-0.39, 0.29) is 18.3 Å². The molecule has 1 atom stereocenters. The molecular weight excluding hydrogens is 263 g/mol. The number of rotatable bonds is 5. The molecule has 1 N–H and O–H groups in total. The number of benzene rings is 2. The van der Waals surface area contributed by atoms with E-state index in [0.717, 1.165) is 5.56 Å². The average molecular weight is 279 g/mol. The molecule has 2 aromatic carbocycles. The first kappa shape index (κ1) is 14.0. The molecule has 0 aromatic heterocycles. The van der Waals surface area contributed by atoms with Crippen LogP contribution in [0.3, 0.4) is 0 Å². The molecule has 0 spiro atoms. The summed E-state index contributed by atoms with van der Waals surface area (Å²) in [5.74, 6) is -0.253. The number of hydrogen-bond donors (Lipinski definition) is 1. The summed E-state index contributed by atoms with van der Waals surface area (Å²) in [6.07, 6.45) is 1.15. The van der Waals surface area contributed by atoms with Gasteiger partial charge in [-0.3, -0.25) is 0 Å². The van der Waals surface area contributed by atoms with E-state index < -0.39 is 0 Å². The average Bonchev–Trinajstić information content (AvgIpc) is 2.42. The van der Waals surface area contributed by atoms with E-state index in [1.54, 1.807) is 12.1 Å².